The Bertz CT molecular complexity index is 124. The zero-order valence-corrected chi connectivity index (χ0v) is 10.2. The average Bonchev–Trinajstić information content (AvgIpc) is 2.17. The molecule has 4 heteroatoms. The number of methoxy groups -OCH3 is 2. The first-order valence-corrected chi connectivity index (χ1v) is 6.45. The Hall–Kier alpha value is -0.323. The molecule has 0 unspecified atom stereocenters. The lowest BCUT2D eigenvalue weighted by Gasteiger charge is -2.11. The molecule has 0 fully saturated rings. The monoisotopic (exact) mass is 204 g/mol. The quantitative estimate of drug-likeness (QED) is 0.256. The Morgan fingerprint density at radius 2 is 2.00 bits per heavy atom. The summed E-state index contributed by atoms with van der Waals surface area (Å²) in [6.07, 6.45) is 4.72. The van der Waals surface area contributed by atoms with Crippen molar-refractivity contribution in [1.82, 2.24) is 0 Å². The molecule has 0 aliphatic rings. The lowest BCUT2D eigenvalue weighted by atomic mass is 10.5. The van der Waals surface area contributed by atoms with Gasteiger partial charge in [0.05, 0.1) is 22.4 Å². The smallest absolute Gasteiger partial charge is 0.134 e. The molecule has 0 aromatic heterocycles. The van der Waals surface area contributed by atoms with Crippen molar-refractivity contribution in [2.45, 2.75) is 25.3 Å². The van der Waals surface area contributed by atoms with Crippen LogP contribution in [0.1, 0.15) is 13.3 Å². The molecule has 3 nitrogen and oxygen atoms in total. The first-order valence-electron chi connectivity index (χ1n) is 4.63. The molecule has 13 heavy (non-hydrogen) atoms. The van der Waals surface area contributed by atoms with Gasteiger partial charge < -0.3 is 14.2 Å². The summed E-state index contributed by atoms with van der Waals surface area (Å²) < 4.78 is 15.4. The van der Waals surface area contributed by atoms with Crippen LogP contribution < -0.4 is 0 Å². The van der Waals surface area contributed by atoms with E-state index in [1.54, 1.807) is 20.5 Å². The van der Waals surface area contributed by atoms with Crippen molar-refractivity contribution >= 4 is 9.52 Å². The van der Waals surface area contributed by atoms with E-state index in [4.69, 9.17) is 14.2 Å². The third-order valence-corrected chi connectivity index (χ3v) is 3.76. The van der Waals surface area contributed by atoms with Crippen LogP contribution in [0.4, 0.5) is 0 Å². The van der Waals surface area contributed by atoms with E-state index < -0.39 is 0 Å². The SMILES string of the molecule is CC=COCCC[SiH2]C(OC)OC. The fourth-order valence-corrected chi connectivity index (χ4v) is 2.29. The highest BCUT2D eigenvalue weighted by molar-refractivity contribution is 6.36. The second-order valence-corrected chi connectivity index (χ2v) is 4.69. The molecular formula is C9H20O3Si. The highest BCUT2D eigenvalue weighted by atomic mass is 28.2. The second kappa shape index (κ2) is 9.76. The fourth-order valence-electron chi connectivity index (χ4n) is 0.993. The van der Waals surface area contributed by atoms with Crippen LogP contribution >= 0.6 is 0 Å². The standard InChI is InChI=1S/C9H20O3Si/c1-4-6-12-7-5-8-13-9(10-2)11-3/h4,6,9H,5,7-8,13H2,1-3H3. The van der Waals surface area contributed by atoms with E-state index in [9.17, 15) is 0 Å². The number of hydrogen-bond donors (Lipinski definition) is 0. The molecule has 0 bridgehead atoms. The average molecular weight is 204 g/mol. The van der Waals surface area contributed by atoms with Gasteiger partial charge in [-0.05, 0) is 13.3 Å². The number of rotatable bonds is 8. The molecular weight excluding hydrogens is 184 g/mol. The Balaban J connectivity index is 3.14. The summed E-state index contributed by atoms with van der Waals surface area (Å²) >= 11 is 0. The molecule has 0 radical (unpaired) electrons. The van der Waals surface area contributed by atoms with E-state index in [2.05, 4.69) is 0 Å². The van der Waals surface area contributed by atoms with Gasteiger partial charge in [-0.15, -0.1) is 0 Å². The molecule has 0 rings (SSSR count). The number of ether oxygens (including phenoxy) is 3. The predicted octanol–water partition coefficient (Wildman–Crippen LogP) is 1.09. The van der Waals surface area contributed by atoms with Crippen LogP contribution in [0.2, 0.25) is 6.04 Å². The minimum atomic E-state index is -0.258. The molecule has 0 saturated heterocycles. The maximum Gasteiger partial charge on any atom is 0.134 e. The van der Waals surface area contributed by atoms with E-state index in [-0.39, 0.29) is 15.4 Å². The van der Waals surface area contributed by atoms with Crippen LogP contribution in [0.3, 0.4) is 0 Å². The van der Waals surface area contributed by atoms with Gasteiger partial charge in [-0.25, -0.2) is 0 Å². The molecule has 0 N–H and O–H groups in total. The summed E-state index contributed by atoms with van der Waals surface area (Å²) in [4.78, 5) is 0. The molecule has 0 aliphatic heterocycles. The van der Waals surface area contributed by atoms with E-state index in [0.717, 1.165) is 13.0 Å². The normalized spacial score (nSPS) is 12.3. The van der Waals surface area contributed by atoms with Crippen LogP contribution in [0.25, 0.3) is 0 Å². The molecule has 0 spiro atoms. The van der Waals surface area contributed by atoms with Crippen molar-refractivity contribution in [2.24, 2.45) is 0 Å². The maximum absolute atomic E-state index is 5.19. The first-order chi connectivity index (χ1) is 6.35. The number of hydrogen-bond acceptors (Lipinski definition) is 3. The lowest BCUT2D eigenvalue weighted by Crippen LogP contribution is -2.21. The second-order valence-electron chi connectivity index (χ2n) is 2.74. The van der Waals surface area contributed by atoms with Crippen LogP contribution in [-0.4, -0.2) is 36.3 Å². The van der Waals surface area contributed by atoms with Crippen molar-refractivity contribution in [1.29, 1.82) is 0 Å². The van der Waals surface area contributed by atoms with Crippen molar-refractivity contribution < 1.29 is 14.2 Å². The summed E-state index contributed by atoms with van der Waals surface area (Å²) in [7, 11) is 3.13. The van der Waals surface area contributed by atoms with Gasteiger partial charge in [-0.2, -0.15) is 0 Å². The van der Waals surface area contributed by atoms with Gasteiger partial charge in [0.25, 0.3) is 0 Å². The van der Waals surface area contributed by atoms with Crippen LogP contribution in [-0.2, 0) is 14.2 Å². The Kier molecular flexibility index (Phi) is 9.52. The number of allylic oxidation sites excluding steroid dienone is 1. The van der Waals surface area contributed by atoms with Gasteiger partial charge >= 0.3 is 0 Å². The Morgan fingerprint density at radius 3 is 2.54 bits per heavy atom. The lowest BCUT2D eigenvalue weighted by molar-refractivity contribution is -0.0441. The third kappa shape index (κ3) is 8.02. The fraction of sp³-hybridized carbons (Fsp3) is 0.778. The van der Waals surface area contributed by atoms with Crippen LogP contribution in [0, 0.1) is 0 Å². The summed E-state index contributed by atoms with van der Waals surface area (Å²) in [6.45, 7) is 2.75. The van der Waals surface area contributed by atoms with Gasteiger partial charge in [0, 0.05) is 14.2 Å². The molecule has 0 amide bonds. The van der Waals surface area contributed by atoms with Crippen molar-refractivity contribution in [3.8, 4) is 0 Å². The first kappa shape index (κ1) is 12.7. The maximum atomic E-state index is 5.19. The summed E-state index contributed by atoms with van der Waals surface area (Å²) in [5, 5.41) is 0. The topological polar surface area (TPSA) is 27.7 Å². The van der Waals surface area contributed by atoms with Crippen molar-refractivity contribution in [3.63, 3.8) is 0 Å². The highest BCUT2D eigenvalue weighted by Crippen LogP contribution is 1.96. The molecule has 0 aromatic rings. The highest BCUT2D eigenvalue weighted by Gasteiger charge is 2.04. The Labute approximate surface area is 82.9 Å². The van der Waals surface area contributed by atoms with E-state index in [1.807, 2.05) is 13.0 Å². The Morgan fingerprint density at radius 1 is 1.31 bits per heavy atom. The van der Waals surface area contributed by atoms with Gasteiger partial charge in [0.15, 0.2) is 0 Å². The minimum Gasteiger partial charge on any atom is -0.502 e. The molecule has 0 saturated carbocycles. The van der Waals surface area contributed by atoms with E-state index in [1.165, 1.54) is 6.04 Å². The molecule has 0 atom stereocenters. The summed E-state index contributed by atoms with van der Waals surface area (Å²) in [5.74, 6) is 0.0710. The molecule has 0 aliphatic carbocycles. The minimum absolute atomic E-state index is 0.0710. The molecule has 0 heterocycles. The molecule has 0 aromatic carbocycles. The zero-order chi connectivity index (χ0) is 9.94. The van der Waals surface area contributed by atoms with Crippen LogP contribution in [0.15, 0.2) is 12.3 Å². The van der Waals surface area contributed by atoms with E-state index >= 15 is 0 Å². The van der Waals surface area contributed by atoms with Crippen LogP contribution in [0.5, 0.6) is 0 Å². The predicted molar refractivity (Wildman–Crippen MR) is 56.5 cm³/mol. The van der Waals surface area contributed by atoms with Gasteiger partial charge in [0.1, 0.15) is 5.91 Å². The summed E-state index contributed by atoms with van der Waals surface area (Å²) in [5.41, 5.74) is 0. The third-order valence-electron chi connectivity index (χ3n) is 1.71. The van der Waals surface area contributed by atoms with Gasteiger partial charge in [0.2, 0.25) is 0 Å². The van der Waals surface area contributed by atoms with Crippen molar-refractivity contribution in [2.75, 3.05) is 20.8 Å². The van der Waals surface area contributed by atoms with Gasteiger partial charge in [-0.3, -0.25) is 0 Å². The largest absolute Gasteiger partial charge is 0.502 e. The summed E-state index contributed by atoms with van der Waals surface area (Å²) in [6, 6.07) is 1.20. The zero-order valence-electron chi connectivity index (χ0n) is 8.79. The molecule has 78 valence electrons. The van der Waals surface area contributed by atoms with Crippen molar-refractivity contribution in [3.05, 3.63) is 12.3 Å². The van der Waals surface area contributed by atoms with E-state index in [0.29, 0.717) is 0 Å². The van der Waals surface area contributed by atoms with Gasteiger partial charge in [-0.1, -0.05) is 12.1 Å².